The van der Waals surface area contributed by atoms with Crippen molar-refractivity contribution in [2.75, 3.05) is 36.9 Å². The van der Waals surface area contributed by atoms with E-state index in [1.807, 2.05) is 18.2 Å². The molecule has 1 heterocycles. The second-order valence-corrected chi connectivity index (χ2v) is 3.98. The predicted molar refractivity (Wildman–Crippen MR) is 77.5 cm³/mol. The summed E-state index contributed by atoms with van der Waals surface area (Å²) in [5.74, 6) is 1.17. The standard InChI is InChI=1S/C13H17N5O3/c19-8-6-14-11-16-12(15-7-9-20)18-13(17-11)21-10-4-2-1-3-5-10/h1-5,19-20H,6-9H2,(H2,14,15,16,17,18). The molecule has 0 amide bonds. The van der Waals surface area contributed by atoms with E-state index in [4.69, 9.17) is 14.9 Å². The minimum Gasteiger partial charge on any atom is -0.424 e. The number of anilines is 2. The number of nitrogens with one attached hydrogen (secondary N) is 2. The van der Waals surface area contributed by atoms with Crippen molar-refractivity contribution in [2.45, 2.75) is 0 Å². The van der Waals surface area contributed by atoms with Crippen LogP contribution in [0.1, 0.15) is 0 Å². The second-order valence-electron chi connectivity index (χ2n) is 3.98. The van der Waals surface area contributed by atoms with Crippen molar-refractivity contribution < 1.29 is 14.9 Å². The van der Waals surface area contributed by atoms with E-state index in [1.54, 1.807) is 12.1 Å². The first-order valence-corrected chi connectivity index (χ1v) is 6.50. The van der Waals surface area contributed by atoms with Gasteiger partial charge < -0.3 is 25.6 Å². The zero-order chi connectivity index (χ0) is 14.9. The maximum absolute atomic E-state index is 8.83. The Morgan fingerprint density at radius 3 is 1.95 bits per heavy atom. The lowest BCUT2D eigenvalue weighted by Crippen LogP contribution is -2.14. The Balaban J connectivity index is 2.17. The van der Waals surface area contributed by atoms with Crippen LogP contribution in [-0.4, -0.2) is 51.5 Å². The first kappa shape index (κ1) is 14.9. The van der Waals surface area contributed by atoms with Gasteiger partial charge in [0.05, 0.1) is 13.2 Å². The molecule has 8 heteroatoms. The Kier molecular flexibility index (Phi) is 5.68. The average molecular weight is 291 g/mol. The fraction of sp³-hybridized carbons (Fsp3) is 0.308. The molecule has 2 aromatic rings. The fourth-order valence-electron chi connectivity index (χ4n) is 1.49. The van der Waals surface area contributed by atoms with Gasteiger partial charge in [-0.3, -0.25) is 0 Å². The number of hydrogen-bond donors (Lipinski definition) is 4. The largest absolute Gasteiger partial charge is 0.424 e. The lowest BCUT2D eigenvalue weighted by Gasteiger charge is -2.09. The summed E-state index contributed by atoms with van der Waals surface area (Å²) in [4.78, 5) is 12.3. The summed E-state index contributed by atoms with van der Waals surface area (Å²) < 4.78 is 5.55. The Labute approximate surface area is 121 Å². The first-order chi connectivity index (χ1) is 10.3. The van der Waals surface area contributed by atoms with Crippen molar-refractivity contribution in [3.63, 3.8) is 0 Å². The van der Waals surface area contributed by atoms with E-state index in [1.165, 1.54) is 0 Å². The molecule has 0 radical (unpaired) electrons. The molecule has 112 valence electrons. The first-order valence-electron chi connectivity index (χ1n) is 6.50. The van der Waals surface area contributed by atoms with Crippen LogP contribution in [0.4, 0.5) is 11.9 Å². The predicted octanol–water partition coefficient (Wildman–Crippen LogP) is 0.472. The van der Waals surface area contributed by atoms with Gasteiger partial charge >= 0.3 is 6.01 Å². The number of para-hydroxylation sites is 1. The van der Waals surface area contributed by atoms with E-state index in [0.29, 0.717) is 18.8 Å². The summed E-state index contributed by atoms with van der Waals surface area (Å²) in [7, 11) is 0. The third kappa shape index (κ3) is 4.86. The van der Waals surface area contributed by atoms with Crippen LogP contribution in [0.15, 0.2) is 30.3 Å². The van der Waals surface area contributed by atoms with Crippen LogP contribution in [0.25, 0.3) is 0 Å². The van der Waals surface area contributed by atoms with E-state index >= 15 is 0 Å². The monoisotopic (exact) mass is 291 g/mol. The molecular weight excluding hydrogens is 274 g/mol. The lowest BCUT2D eigenvalue weighted by molar-refractivity contribution is 0.310. The number of ether oxygens (including phenoxy) is 1. The number of rotatable bonds is 8. The Hall–Kier alpha value is -2.45. The van der Waals surface area contributed by atoms with Crippen LogP contribution >= 0.6 is 0 Å². The van der Waals surface area contributed by atoms with Gasteiger partial charge in [0.2, 0.25) is 11.9 Å². The van der Waals surface area contributed by atoms with Gasteiger partial charge in [0.1, 0.15) is 5.75 Å². The minimum atomic E-state index is -0.0417. The molecule has 2 rings (SSSR count). The third-order valence-corrected chi connectivity index (χ3v) is 2.36. The third-order valence-electron chi connectivity index (χ3n) is 2.36. The van der Waals surface area contributed by atoms with Gasteiger partial charge in [0, 0.05) is 13.1 Å². The molecule has 1 aromatic heterocycles. The summed E-state index contributed by atoms with van der Waals surface area (Å²) in [6.45, 7) is 0.544. The smallest absolute Gasteiger partial charge is 0.328 e. The van der Waals surface area contributed by atoms with Crippen LogP contribution in [0.5, 0.6) is 11.8 Å². The molecule has 1 aromatic carbocycles. The van der Waals surface area contributed by atoms with Crippen LogP contribution in [0, 0.1) is 0 Å². The SMILES string of the molecule is OCCNc1nc(NCCO)nc(Oc2ccccc2)n1. The summed E-state index contributed by atoms with van der Waals surface area (Å²) in [6.07, 6.45) is 0. The quantitative estimate of drug-likeness (QED) is 0.555. The maximum atomic E-state index is 8.83. The number of hydrogen-bond acceptors (Lipinski definition) is 8. The van der Waals surface area contributed by atoms with Gasteiger partial charge in [-0.15, -0.1) is 0 Å². The molecule has 0 aliphatic rings. The number of aromatic nitrogens is 3. The van der Waals surface area contributed by atoms with E-state index in [9.17, 15) is 0 Å². The summed E-state index contributed by atoms with van der Waals surface area (Å²) in [5, 5.41) is 23.3. The number of benzene rings is 1. The summed E-state index contributed by atoms with van der Waals surface area (Å²) in [6, 6.07) is 9.25. The molecular formula is C13H17N5O3. The van der Waals surface area contributed by atoms with Crippen LogP contribution in [0.3, 0.4) is 0 Å². The van der Waals surface area contributed by atoms with Crippen LogP contribution in [-0.2, 0) is 0 Å². The lowest BCUT2D eigenvalue weighted by atomic mass is 10.3. The number of aliphatic hydroxyl groups excluding tert-OH is 2. The van der Waals surface area contributed by atoms with E-state index in [-0.39, 0.29) is 31.1 Å². The van der Waals surface area contributed by atoms with Crippen molar-refractivity contribution in [1.29, 1.82) is 0 Å². The highest BCUT2D eigenvalue weighted by atomic mass is 16.5. The molecule has 0 unspecified atom stereocenters. The van der Waals surface area contributed by atoms with Gasteiger partial charge in [0.25, 0.3) is 0 Å². The van der Waals surface area contributed by atoms with Crippen molar-refractivity contribution in [3.8, 4) is 11.8 Å². The van der Waals surface area contributed by atoms with Crippen molar-refractivity contribution in [2.24, 2.45) is 0 Å². The highest BCUT2D eigenvalue weighted by molar-refractivity contribution is 5.37. The van der Waals surface area contributed by atoms with Gasteiger partial charge in [-0.1, -0.05) is 18.2 Å². The zero-order valence-electron chi connectivity index (χ0n) is 11.4. The molecule has 0 saturated carbocycles. The molecule has 0 bridgehead atoms. The molecule has 0 saturated heterocycles. The van der Waals surface area contributed by atoms with E-state index in [0.717, 1.165) is 0 Å². The maximum Gasteiger partial charge on any atom is 0.328 e. The van der Waals surface area contributed by atoms with Crippen molar-refractivity contribution >= 4 is 11.9 Å². The normalized spacial score (nSPS) is 10.2. The molecule has 0 fully saturated rings. The zero-order valence-corrected chi connectivity index (χ0v) is 11.4. The van der Waals surface area contributed by atoms with E-state index in [2.05, 4.69) is 25.6 Å². The number of aliphatic hydroxyl groups is 2. The highest BCUT2D eigenvalue weighted by Crippen LogP contribution is 2.19. The average Bonchev–Trinajstić information content (AvgIpc) is 2.52. The molecule has 8 nitrogen and oxygen atoms in total. The fourth-order valence-corrected chi connectivity index (χ4v) is 1.49. The second kappa shape index (κ2) is 7.98. The van der Waals surface area contributed by atoms with Crippen LogP contribution in [0.2, 0.25) is 0 Å². The highest BCUT2D eigenvalue weighted by Gasteiger charge is 2.08. The van der Waals surface area contributed by atoms with Gasteiger partial charge in [-0.05, 0) is 12.1 Å². The molecule has 0 spiro atoms. The van der Waals surface area contributed by atoms with Crippen LogP contribution < -0.4 is 15.4 Å². The topological polar surface area (TPSA) is 112 Å². The van der Waals surface area contributed by atoms with Gasteiger partial charge in [-0.25, -0.2) is 0 Å². The molecule has 0 aliphatic carbocycles. The summed E-state index contributed by atoms with van der Waals surface area (Å²) in [5.41, 5.74) is 0. The minimum absolute atomic E-state index is 0.0417. The van der Waals surface area contributed by atoms with Gasteiger partial charge in [-0.2, -0.15) is 15.0 Å². The molecule has 0 aliphatic heterocycles. The van der Waals surface area contributed by atoms with Gasteiger partial charge in [0.15, 0.2) is 0 Å². The van der Waals surface area contributed by atoms with Crippen molar-refractivity contribution in [3.05, 3.63) is 30.3 Å². The molecule has 0 atom stereocenters. The van der Waals surface area contributed by atoms with E-state index < -0.39 is 0 Å². The Bertz CT molecular complexity index is 527. The Morgan fingerprint density at radius 1 is 0.857 bits per heavy atom. The Morgan fingerprint density at radius 2 is 1.43 bits per heavy atom. The van der Waals surface area contributed by atoms with Crippen molar-refractivity contribution in [1.82, 2.24) is 15.0 Å². The molecule has 21 heavy (non-hydrogen) atoms. The molecule has 4 N–H and O–H groups in total. The number of nitrogens with zero attached hydrogens (tertiary/aromatic N) is 3. The summed E-state index contributed by atoms with van der Waals surface area (Å²) >= 11 is 0.